The molecule has 1 aromatic carbocycles. The average Bonchev–Trinajstić information content (AvgIpc) is 2.85. The molecule has 3 aromatic rings. The Labute approximate surface area is 186 Å². The fraction of sp³-hybridized carbons (Fsp3) is 0.360. The zero-order valence-electron chi connectivity index (χ0n) is 17.9. The van der Waals surface area contributed by atoms with Crippen LogP contribution in [0, 0.1) is 11.8 Å². The van der Waals surface area contributed by atoms with Gasteiger partial charge in [0.05, 0.1) is 17.9 Å². The smallest absolute Gasteiger partial charge is 0.253 e. The lowest BCUT2D eigenvalue weighted by atomic mass is 9.92. The van der Waals surface area contributed by atoms with Gasteiger partial charge >= 0.3 is 0 Å². The molecule has 1 amide bonds. The second kappa shape index (κ2) is 8.94. The second-order valence-corrected chi connectivity index (χ2v) is 8.59. The molecule has 32 heavy (non-hydrogen) atoms. The lowest BCUT2D eigenvalue weighted by molar-refractivity contribution is -0.138. The zero-order valence-corrected chi connectivity index (χ0v) is 17.9. The largest absolute Gasteiger partial charge is 0.492 e. The Morgan fingerprint density at radius 3 is 2.75 bits per heavy atom. The van der Waals surface area contributed by atoms with Crippen LogP contribution in [0.25, 0.3) is 11.3 Å². The molecule has 0 radical (unpaired) electrons. The lowest BCUT2D eigenvalue weighted by Gasteiger charge is -2.35. The van der Waals surface area contributed by atoms with Crippen molar-refractivity contribution in [2.75, 3.05) is 19.7 Å². The molecule has 1 fully saturated rings. The summed E-state index contributed by atoms with van der Waals surface area (Å²) in [4.78, 5) is 36.1. The van der Waals surface area contributed by atoms with E-state index in [1.807, 2.05) is 41.3 Å². The summed E-state index contributed by atoms with van der Waals surface area (Å²) in [6.45, 7) is 2.51. The first-order valence-electron chi connectivity index (χ1n) is 11.1. The van der Waals surface area contributed by atoms with Crippen molar-refractivity contribution in [2.45, 2.75) is 25.8 Å². The van der Waals surface area contributed by atoms with Crippen molar-refractivity contribution >= 4 is 5.91 Å². The van der Waals surface area contributed by atoms with E-state index in [9.17, 15) is 9.59 Å². The molecule has 0 spiro atoms. The van der Waals surface area contributed by atoms with Crippen LogP contribution in [0.3, 0.4) is 0 Å². The fourth-order valence-corrected chi connectivity index (χ4v) is 4.59. The standard InChI is InChI=1S/C25H26N4O3/c30-24-13-22(20-5-3-9-26-14-20)27-17-29(24)15-18-7-10-28(11-8-18)25(31)21-12-19-4-1-2-6-23(19)32-16-21/h1-6,9,13-14,17-18,21H,7-8,10-12,15-16H2. The number of rotatable bonds is 4. The number of piperidine rings is 1. The van der Waals surface area contributed by atoms with Gasteiger partial charge < -0.3 is 9.64 Å². The Bertz CT molecular complexity index is 1150. The molecule has 1 saturated heterocycles. The van der Waals surface area contributed by atoms with Gasteiger partial charge in [-0.05, 0) is 48.9 Å². The number of nitrogens with zero attached hydrogens (tertiary/aromatic N) is 4. The van der Waals surface area contributed by atoms with Gasteiger partial charge in [0.25, 0.3) is 5.56 Å². The van der Waals surface area contributed by atoms with Crippen LogP contribution in [-0.4, -0.2) is 45.0 Å². The number of aromatic nitrogens is 3. The average molecular weight is 431 g/mol. The number of likely N-dealkylation sites (tertiary alicyclic amines) is 1. The minimum Gasteiger partial charge on any atom is -0.492 e. The predicted octanol–water partition coefficient (Wildman–Crippen LogP) is 2.80. The quantitative estimate of drug-likeness (QED) is 0.636. The summed E-state index contributed by atoms with van der Waals surface area (Å²) in [5.41, 5.74) is 2.51. The number of carbonyl (C=O) groups excluding carboxylic acids is 1. The van der Waals surface area contributed by atoms with Gasteiger partial charge in [0.2, 0.25) is 5.91 Å². The molecule has 7 nitrogen and oxygen atoms in total. The van der Waals surface area contributed by atoms with Gasteiger partial charge in [-0.3, -0.25) is 19.1 Å². The highest BCUT2D eigenvalue weighted by molar-refractivity contribution is 5.80. The molecule has 2 aliphatic heterocycles. The van der Waals surface area contributed by atoms with Gasteiger partial charge in [-0.15, -0.1) is 0 Å². The Balaban J connectivity index is 1.17. The normalized spacial score (nSPS) is 18.6. The van der Waals surface area contributed by atoms with Crippen LogP contribution < -0.4 is 10.3 Å². The highest BCUT2D eigenvalue weighted by atomic mass is 16.5. The van der Waals surface area contributed by atoms with Crippen LogP contribution in [0.5, 0.6) is 5.75 Å². The number of ether oxygens (including phenoxy) is 1. The van der Waals surface area contributed by atoms with E-state index in [0.29, 0.717) is 24.8 Å². The summed E-state index contributed by atoms with van der Waals surface area (Å²) >= 11 is 0. The number of para-hydroxylation sites is 1. The molecule has 4 heterocycles. The first-order valence-corrected chi connectivity index (χ1v) is 11.1. The summed E-state index contributed by atoms with van der Waals surface area (Å²) in [7, 11) is 0. The molecule has 0 bridgehead atoms. The Hall–Kier alpha value is -3.48. The Kier molecular flexibility index (Phi) is 5.71. The Morgan fingerprint density at radius 1 is 1.12 bits per heavy atom. The van der Waals surface area contributed by atoms with Gasteiger partial charge in [0.1, 0.15) is 12.4 Å². The zero-order chi connectivity index (χ0) is 21.9. The van der Waals surface area contributed by atoms with Gasteiger partial charge in [-0.25, -0.2) is 4.98 Å². The van der Waals surface area contributed by atoms with E-state index in [1.54, 1.807) is 29.4 Å². The SMILES string of the molecule is O=C(C1COc2ccccc2C1)N1CCC(Cn2cnc(-c3cccnc3)cc2=O)CC1. The predicted molar refractivity (Wildman–Crippen MR) is 120 cm³/mol. The number of benzene rings is 1. The monoisotopic (exact) mass is 430 g/mol. The minimum atomic E-state index is -0.117. The molecule has 0 N–H and O–H groups in total. The van der Waals surface area contributed by atoms with E-state index in [1.165, 1.54) is 0 Å². The molecule has 7 heteroatoms. The molecule has 0 saturated carbocycles. The molecule has 2 aromatic heterocycles. The van der Waals surface area contributed by atoms with Crippen LogP contribution in [-0.2, 0) is 17.8 Å². The van der Waals surface area contributed by atoms with E-state index >= 15 is 0 Å². The third kappa shape index (κ3) is 4.28. The minimum absolute atomic E-state index is 0.0598. The number of fused-ring (bicyclic) bond motifs is 1. The first-order chi connectivity index (χ1) is 15.7. The highest BCUT2D eigenvalue weighted by Crippen LogP contribution is 2.29. The third-order valence-electron chi connectivity index (χ3n) is 6.45. The van der Waals surface area contributed by atoms with Gasteiger partial charge in [-0.2, -0.15) is 0 Å². The molecule has 1 unspecified atom stereocenters. The number of carbonyl (C=O) groups is 1. The Morgan fingerprint density at radius 2 is 1.97 bits per heavy atom. The summed E-state index contributed by atoms with van der Waals surface area (Å²) in [5, 5.41) is 0. The molecule has 164 valence electrons. The van der Waals surface area contributed by atoms with Crippen molar-refractivity contribution in [3.8, 4) is 17.0 Å². The van der Waals surface area contributed by atoms with Gasteiger partial charge in [-0.1, -0.05) is 18.2 Å². The van der Waals surface area contributed by atoms with E-state index in [4.69, 9.17) is 4.74 Å². The number of hydrogen-bond acceptors (Lipinski definition) is 5. The molecule has 1 atom stereocenters. The van der Waals surface area contributed by atoms with E-state index in [-0.39, 0.29) is 17.4 Å². The number of hydrogen-bond donors (Lipinski definition) is 0. The van der Waals surface area contributed by atoms with Crippen molar-refractivity contribution in [1.29, 1.82) is 0 Å². The summed E-state index contributed by atoms with van der Waals surface area (Å²) in [6, 6.07) is 13.2. The van der Waals surface area contributed by atoms with Crippen molar-refractivity contribution in [3.63, 3.8) is 0 Å². The summed E-state index contributed by atoms with van der Waals surface area (Å²) in [6.07, 6.45) is 7.52. The third-order valence-corrected chi connectivity index (χ3v) is 6.45. The van der Waals surface area contributed by atoms with E-state index < -0.39 is 0 Å². The molecular formula is C25H26N4O3. The topological polar surface area (TPSA) is 77.3 Å². The van der Waals surface area contributed by atoms with Gasteiger partial charge in [0, 0.05) is 43.7 Å². The first kappa shape index (κ1) is 20.4. The second-order valence-electron chi connectivity index (χ2n) is 8.59. The maximum Gasteiger partial charge on any atom is 0.253 e. The van der Waals surface area contributed by atoms with Crippen molar-refractivity contribution < 1.29 is 9.53 Å². The van der Waals surface area contributed by atoms with Crippen LogP contribution >= 0.6 is 0 Å². The van der Waals surface area contributed by atoms with Crippen molar-refractivity contribution in [1.82, 2.24) is 19.4 Å². The number of pyridine rings is 1. The summed E-state index contributed by atoms with van der Waals surface area (Å²) < 4.78 is 7.48. The van der Waals surface area contributed by atoms with Crippen LogP contribution in [0.15, 0.2) is 66.0 Å². The van der Waals surface area contributed by atoms with Crippen molar-refractivity contribution in [3.05, 3.63) is 77.1 Å². The van der Waals surface area contributed by atoms with E-state index in [2.05, 4.69) is 9.97 Å². The molecule has 5 rings (SSSR count). The van der Waals surface area contributed by atoms with Crippen LogP contribution in [0.2, 0.25) is 0 Å². The van der Waals surface area contributed by atoms with Crippen LogP contribution in [0.1, 0.15) is 18.4 Å². The van der Waals surface area contributed by atoms with Gasteiger partial charge in [0.15, 0.2) is 0 Å². The summed E-state index contributed by atoms with van der Waals surface area (Å²) in [5.74, 6) is 1.31. The van der Waals surface area contributed by atoms with Crippen LogP contribution in [0.4, 0.5) is 0 Å². The fourth-order valence-electron chi connectivity index (χ4n) is 4.59. The molecular weight excluding hydrogens is 404 g/mol. The number of amides is 1. The maximum atomic E-state index is 13.0. The maximum absolute atomic E-state index is 13.0. The highest BCUT2D eigenvalue weighted by Gasteiger charge is 2.31. The lowest BCUT2D eigenvalue weighted by Crippen LogP contribution is -2.45. The molecule has 0 aliphatic carbocycles. The van der Waals surface area contributed by atoms with Crippen molar-refractivity contribution in [2.24, 2.45) is 11.8 Å². The van der Waals surface area contributed by atoms with E-state index in [0.717, 1.165) is 49.2 Å². The molecule has 2 aliphatic rings.